The summed E-state index contributed by atoms with van der Waals surface area (Å²) in [6, 6.07) is 2.88. The summed E-state index contributed by atoms with van der Waals surface area (Å²) in [7, 11) is 1.52. The van der Waals surface area contributed by atoms with Gasteiger partial charge in [-0.3, -0.25) is 14.6 Å². The van der Waals surface area contributed by atoms with E-state index in [9.17, 15) is 14.4 Å². The number of pyridine rings is 1. The average molecular weight is 305 g/mol. The zero-order valence-corrected chi connectivity index (χ0v) is 13.5. The summed E-state index contributed by atoms with van der Waals surface area (Å²) in [6.07, 6.45) is 1.32. The molecule has 1 aliphatic rings. The van der Waals surface area contributed by atoms with Crippen LogP contribution in [0, 0.1) is 6.92 Å². The molecule has 2 rings (SSSR count). The van der Waals surface area contributed by atoms with Crippen LogP contribution in [0.2, 0.25) is 0 Å². The number of likely N-dealkylation sites (N-methyl/N-ethyl adjacent to an activating group) is 1. The molecule has 6 heteroatoms. The second kappa shape index (κ2) is 8.26. The highest BCUT2D eigenvalue weighted by Crippen LogP contribution is 2.25. The van der Waals surface area contributed by atoms with E-state index in [2.05, 4.69) is 10.3 Å². The van der Waals surface area contributed by atoms with Crippen molar-refractivity contribution in [3.05, 3.63) is 29.1 Å². The maximum absolute atomic E-state index is 12.4. The number of rotatable bonds is 5. The molecular formula is C16H23N3O3. The van der Waals surface area contributed by atoms with E-state index in [1.54, 1.807) is 12.1 Å². The Hall–Kier alpha value is -2.24. The molecule has 0 saturated carbocycles. The minimum atomic E-state index is -0.632. The van der Waals surface area contributed by atoms with Crippen LogP contribution in [0.4, 0.5) is 0 Å². The molecule has 6 nitrogen and oxygen atoms in total. The van der Waals surface area contributed by atoms with Crippen LogP contribution in [0.3, 0.4) is 0 Å². The first-order chi connectivity index (χ1) is 10.6. The van der Waals surface area contributed by atoms with E-state index in [0.29, 0.717) is 24.2 Å². The van der Waals surface area contributed by atoms with Gasteiger partial charge in [0.25, 0.3) is 5.91 Å². The average Bonchev–Trinajstić information content (AvgIpc) is 2.85. The first kappa shape index (κ1) is 17.8. The molecular weight excluding hydrogens is 282 g/mol. The molecule has 0 aromatic carbocycles. The normalized spacial score (nSPS) is 13.8. The topological polar surface area (TPSA) is 79.4 Å². The number of hydrogen-bond donors (Lipinski definition) is 1. The Morgan fingerprint density at radius 3 is 2.73 bits per heavy atom. The van der Waals surface area contributed by atoms with Crippen molar-refractivity contribution < 1.29 is 14.4 Å². The zero-order chi connectivity index (χ0) is 16.7. The third-order valence-corrected chi connectivity index (χ3v) is 3.41. The number of aromatic nitrogens is 1. The van der Waals surface area contributed by atoms with E-state index in [1.165, 1.54) is 11.9 Å². The second-order valence-corrected chi connectivity index (χ2v) is 4.75. The molecule has 2 heterocycles. The number of aldehydes is 1. The highest BCUT2D eigenvalue weighted by molar-refractivity contribution is 6.00. The summed E-state index contributed by atoms with van der Waals surface area (Å²) < 4.78 is 0. The lowest BCUT2D eigenvalue weighted by atomic mass is 10.1. The molecule has 120 valence electrons. The van der Waals surface area contributed by atoms with Crippen molar-refractivity contribution in [3.63, 3.8) is 0 Å². The van der Waals surface area contributed by atoms with Crippen LogP contribution in [0.25, 0.3) is 0 Å². The van der Waals surface area contributed by atoms with Gasteiger partial charge >= 0.3 is 0 Å². The minimum Gasteiger partial charge on any atom is -0.357 e. The third kappa shape index (κ3) is 3.69. The van der Waals surface area contributed by atoms with Crippen molar-refractivity contribution in [3.8, 4) is 0 Å². The summed E-state index contributed by atoms with van der Waals surface area (Å²) in [4.78, 5) is 40.6. The van der Waals surface area contributed by atoms with Crippen molar-refractivity contribution in [1.29, 1.82) is 0 Å². The molecule has 1 aromatic rings. The van der Waals surface area contributed by atoms with Crippen molar-refractivity contribution in [2.24, 2.45) is 0 Å². The number of fused-ring (bicyclic) bond motifs is 1. The molecule has 1 aliphatic heterocycles. The van der Waals surface area contributed by atoms with Gasteiger partial charge in [0, 0.05) is 19.2 Å². The van der Waals surface area contributed by atoms with Crippen LogP contribution in [-0.4, -0.2) is 41.1 Å². The first-order valence-corrected chi connectivity index (χ1v) is 7.51. The standard InChI is InChI=1S/C14H17N3O3.C2H6/c1-9-5-6-10-11(16-9)8-17(14(10)20)12(4-3-7-18)13(19)15-2;1-2/h5-7,12H,3-4,8H2,1-2H3,(H,15,19);1-2H3. The third-order valence-electron chi connectivity index (χ3n) is 3.41. The van der Waals surface area contributed by atoms with Gasteiger partial charge in [0.05, 0.1) is 17.8 Å². The lowest BCUT2D eigenvalue weighted by Crippen LogP contribution is -2.46. The minimum absolute atomic E-state index is 0.202. The number of nitrogens with one attached hydrogen (secondary N) is 1. The van der Waals surface area contributed by atoms with Crippen LogP contribution < -0.4 is 5.32 Å². The van der Waals surface area contributed by atoms with Gasteiger partial charge in [-0.25, -0.2) is 0 Å². The van der Waals surface area contributed by atoms with Gasteiger partial charge in [0.1, 0.15) is 12.3 Å². The maximum Gasteiger partial charge on any atom is 0.256 e. The van der Waals surface area contributed by atoms with E-state index in [4.69, 9.17) is 0 Å². The summed E-state index contributed by atoms with van der Waals surface area (Å²) in [5.74, 6) is -0.461. The maximum atomic E-state index is 12.4. The number of carbonyl (C=O) groups is 3. The number of aryl methyl sites for hydroxylation is 1. The molecule has 1 aromatic heterocycles. The van der Waals surface area contributed by atoms with Crippen molar-refractivity contribution >= 4 is 18.1 Å². The van der Waals surface area contributed by atoms with Gasteiger partial charge in [-0.1, -0.05) is 13.8 Å². The quantitative estimate of drug-likeness (QED) is 0.835. The van der Waals surface area contributed by atoms with E-state index < -0.39 is 6.04 Å². The molecule has 2 amide bonds. The zero-order valence-electron chi connectivity index (χ0n) is 13.5. The van der Waals surface area contributed by atoms with Crippen LogP contribution in [0.5, 0.6) is 0 Å². The number of hydrogen-bond acceptors (Lipinski definition) is 4. The fourth-order valence-electron chi connectivity index (χ4n) is 2.39. The van der Waals surface area contributed by atoms with Crippen LogP contribution >= 0.6 is 0 Å². The number of carbonyl (C=O) groups excluding carboxylic acids is 3. The molecule has 1 N–H and O–H groups in total. The Labute approximate surface area is 130 Å². The molecule has 0 radical (unpaired) electrons. The van der Waals surface area contributed by atoms with E-state index in [-0.39, 0.29) is 18.2 Å². The Balaban J connectivity index is 0.00000116. The summed E-state index contributed by atoms with van der Waals surface area (Å²) >= 11 is 0. The molecule has 0 bridgehead atoms. The van der Waals surface area contributed by atoms with Gasteiger partial charge < -0.3 is 15.0 Å². The van der Waals surface area contributed by atoms with E-state index >= 15 is 0 Å². The summed E-state index contributed by atoms with van der Waals surface area (Å²) in [5, 5.41) is 2.54. The Morgan fingerprint density at radius 1 is 1.45 bits per heavy atom. The molecule has 22 heavy (non-hydrogen) atoms. The Bertz CT molecular complexity index is 558. The second-order valence-electron chi connectivity index (χ2n) is 4.75. The fraction of sp³-hybridized carbons (Fsp3) is 0.500. The van der Waals surface area contributed by atoms with Gasteiger partial charge in [0.15, 0.2) is 0 Å². The summed E-state index contributed by atoms with van der Waals surface area (Å²) in [5.41, 5.74) is 2.06. The highest BCUT2D eigenvalue weighted by Gasteiger charge is 2.36. The van der Waals surface area contributed by atoms with Crippen molar-refractivity contribution in [2.45, 2.75) is 46.2 Å². The molecule has 0 spiro atoms. The van der Waals surface area contributed by atoms with Gasteiger partial charge in [0.2, 0.25) is 5.91 Å². The van der Waals surface area contributed by atoms with Crippen LogP contribution in [0.15, 0.2) is 12.1 Å². The predicted octanol–water partition coefficient (Wildman–Crippen LogP) is 1.47. The molecule has 0 fully saturated rings. The lowest BCUT2D eigenvalue weighted by Gasteiger charge is -2.25. The molecule has 0 aliphatic carbocycles. The lowest BCUT2D eigenvalue weighted by molar-refractivity contribution is -0.125. The van der Waals surface area contributed by atoms with Gasteiger partial charge in [-0.15, -0.1) is 0 Å². The molecule has 1 atom stereocenters. The SMILES string of the molecule is CC.CNC(=O)C(CCC=O)N1Cc2nc(C)ccc2C1=O. The summed E-state index contributed by atoms with van der Waals surface area (Å²) in [6.45, 7) is 6.17. The van der Waals surface area contributed by atoms with Crippen molar-refractivity contribution in [1.82, 2.24) is 15.2 Å². The molecule has 1 unspecified atom stereocenters. The van der Waals surface area contributed by atoms with Crippen LogP contribution in [-0.2, 0) is 16.1 Å². The van der Waals surface area contributed by atoms with Crippen molar-refractivity contribution in [2.75, 3.05) is 7.05 Å². The fourth-order valence-corrected chi connectivity index (χ4v) is 2.39. The molecule has 0 saturated heterocycles. The number of amides is 2. The van der Waals surface area contributed by atoms with Gasteiger partial charge in [-0.2, -0.15) is 0 Å². The predicted molar refractivity (Wildman–Crippen MR) is 83.3 cm³/mol. The van der Waals surface area contributed by atoms with Crippen LogP contribution in [0.1, 0.15) is 48.4 Å². The highest BCUT2D eigenvalue weighted by atomic mass is 16.2. The largest absolute Gasteiger partial charge is 0.357 e. The Kier molecular flexibility index (Phi) is 6.69. The Morgan fingerprint density at radius 2 is 2.14 bits per heavy atom. The van der Waals surface area contributed by atoms with Gasteiger partial charge in [-0.05, 0) is 25.5 Å². The van der Waals surface area contributed by atoms with E-state index in [1.807, 2.05) is 20.8 Å². The van der Waals surface area contributed by atoms with E-state index in [0.717, 1.165) is 12.0 Å². The smallest absolute Gasteiger partial charge is 0.256 e. The number of nitrogens with zero attached hydrogens (tertiary/aromatic N) is 2. The monoisotopic (exact) mass is 305 g/mol. The first-order valence-electron chi connectivity index (χ1n) is 7.51.